The number of hydrogen-bond acceptors (Lipinski definition) is 7. The molecule has 0 saturated heterocycles. The predicted molar refractivity (Wildman–Crippen MR) is 141 cm³/mol. The zero-order valence-corrected chi connectivity index (χ0v) is 21.3. The lowest BCUT2D eigenvalue weighted by Crippen LogP contribution is -2.40. The molecule has 0 aliphatic rings. The quantitative estimate of drug-likeness (QED) is 0.191. The molecule has 0 saturated carbocycles. The van der Waals surface area contributed by atoms with E-state index in [4.69, 9.17) is 13.6 Å². The molecule has 0 fully saturated rings. The number of hydrogen-bond donors (Lipinski definition) is 0. The van der Waals surface area contributed by atoms with E-state index in [2.05, 4.69) is 20.5 Å². The van der Waals surface area contributed by atoms with Gasteiger partial charge in [0.05, 0.1) is 17.6 Å². The van der Waals surface area contributed by atoms with Gasteiger partial charge in [-0.1, -0.05) is 33.7 Å². The first-order chi connectivity index (χ1) is 19.6. The Bertz CT molecular complexity index is 1640. The monoisotopic (exact) mass is 538 g/mol. The summed E-state index contributed by atoms with van der Waals surface area (Å²) in [6, 6.07) is 21.9. The average molecular weight is 539 g/mol. The van der Waals surface area contributed by atoms with E-state index in [1.54, 1.807) is 36.7 Å². The van der Waals surface area contributed by atoms with Gasteiger partial charge in [-0.25, -0.2) is 8.78 Å². The Balaban J connectivity index is 1.48. The smallest absolute Gasteiger partial charge is 0.167 e. The Morgan fingerprint density at radius 3 is 2.23 bits per heavy atom. The summed E-state index contributed by atoms with van der Waals surface area (Å²) in [5.41, 5.74) is 3.18. The van der Waals surface area contributed by atoms with Gasteiger partial charge in [0.2, 0.25) is 0 Å². The molecule has 2 unspecified atom stereocenters. The van der Waals surface area contributed by atoms with Gasteiger partial charge >= 0.3 is 0 Å². The molecule has 2 aromatic carbocycles. The van der Waals surface area contributed by atoms with Crippen molar-refractivity contribution in [3.05, 3.63) is 144 Å². The molecule has 9 heteroatoms. The maximum atomic E-state index is 13.9. The van der Waals surface area contributed by atoms with Crippen LogP contribution in [0.3, 0.4) is 0 Å². The van der Waals surface area contributed by atoms with Crippen LogP contribution >= 0.6 is 0 Å². The van der Waals surface area contributed by atoms with Crippen molar-refractivity contribution in [2.24, 2.45) is 0 Å². The van der Waals surface area contributed by atoms with Crippen LogP contribution in [0.25, 0.3) is 11.3 Å². The van der Waals surface area contributed by atoms with Crippen LogP contribution in [-0.2, 0) is 24.7 Å². The molecule has 0 spiro atoms. The van der Waals surface area contributed by atoms with Gasteiger partial charge in [0.25, 0.3) is 0 Å². The molecule has 6 rings (SSSR count). The first kappa shape index (κ1) is 25.4. The zero-order chi connectivity index (χ0) is 27.4. The molecule has 0 radical (unpaired) electrons. The van der Waals surface area contributed by atoms with Crippen LogP contribution in [0.4, 0.5) is 8.78 Å². The summed E-state index contributed by atoms with van der Waals surface area (Å²) >= 11 is 0. The summed E-state index contributed by atoms with van der Waals surface area (Å²) in [6.45, 7) is 0. The van der Waals surface area contributed by atoms with Gasteiger partial charge < -0.3 is 13.6 Å². The fourth-order valence-electron chi connectivity index (χ4n) is 5.31. The van der Waals surface area contributed by atoms with Crippen molar-refractivity contribution >= 4 is 0 Å². The fourth-order valence-corrected chi connectivity index (χ4v) is 5.31. The van der Waals surface area contributed by atoms with Crippen LogP contribution in [0, 0.1) is 11.6 Å². The highest BCUT2D eigenvalue weighted by Crippen LogP contribution is 2.46. The lowest BCUT2D eigenvalue weighted by Gasteiger charge is -2.38. The van der Waals surface area contributed by atoms with Gasteiger partial charge in [0, 0.05) is 53.9 Å². The molecule has 4 heterocycles. The number of aromatic nitrogens is 4. The molecule has 6 aromatic rings. The second-order valence-electron chi connectivity index (χ2n) is 9.74. The zero-order valence-electron chi connectivity index (χ0n) is 21.3. The molecule has 40 heavy (non-hydrogen) atoms. The minimum Gasteiger partial charge on any atom is -0.365 e. The van der Waals surface area contributed by atoms with Crippen LogP contribution in [0.2, 0.25) is 0 Å². The Labute approximate surface area is 228 Å². The summed E-state index contributed by atoms with van der Waals surface area (Å²) < 4.78 is 44.2. The summed E-state index contributed by atoms with van der Waals surface area (Å²) in [7, 11) is 0. The predicted octanol–water partition coefficient (Wildman–Crippen LogP) is 6.74. The molecule has 0 amide bonds. The van der Waals surface area contributed by atoms with Crippen LogP contribution < -0.4 is 0 Å². The van der Waals surface area contributed by atoms with Crippen LogP contribution in [0.1, 0.15) is 34.2 Å². The summed E-state index contributed by atoms with van der Waals surface area (Å²) in [6.07, 6.45) is 8.06. The standard InChI is InChI=1S/C31H24F2N4O3/c32-24-7-3-21(4-8-24)18-31(30-11-14-35-40-30,19-22-2-1-13-34-20-22)27(28-12-15-38-37-28)16-26-17-29(39-36-26)23-5-9-25(33)10-6-23/h1-15,17,20,27H,16,18-19H2. The molecule has 7 nitrogen and oxygen atoms in total. The molecule has 0 bridgehead atoms. The minimum atomic E-state index is -0.761. The van der Waals surface area contributed by atoms with Crippen LogP contribution in [-0.4, -0.2) is 20.5 Å². The first-order valence-corrected chi connectivity index (χ1v) is 12.8. The van der Waals surface area contributed by atoms with E-state index < -0.39 is 5.41 Å². The number of halogens is 2. The van der Waals surface area contributed by atoms with Gasteiger partial charge in [0.1, 0.15) is 23.7 Å². The molecule has 0 N–H and O–H groups in total. The second kappa shape index (κ2) is 11.1. The SMILES string of the molecule is Fc1ccc(CC(Cc2cccnc2)(c2ccno2)C(Cc2cc(-c3ccc(F)cc3)on2)c2ccon2)cc1. The third kappa shape index (κ3) is 5.31. The highest BCUT2D eigenvalue weighted by atomic mass is 19.1. The van der Waals surface area contributed by atoms with E-state index in [0.717, 1.165) is 11.1 Å². The fraction of sp³-hybridized carbons (Fsp3) is 0.161. The Morgan fingerprint density at radius 2 is 1.55 bits per heavy atom. The normalized spacial score (nSPS) is 13.7. The van der Waals surface area contributed by atoms with Gasteiger partial charge in [-0.3, -0.25) is 4.98 Å². The third-order valence-electron chi connectivity index (χ3n) is 7.19. The molecule has 0 aliphatic heterocycles. The second-order valence-corrected chi connectivity index (χ2v) is 9.74. The summed E-state index contributed by atoms with van der Waals surface area (Å²) in [4.78, 5) is 4.33. The molecule has 200 valence electrons. The highest BCUT2D eigenvalue weighted by Gasteiger charge is 2.46. The van der Waals surface area contributed by atoms with Crippen molar-refractivity contribution in [1.29, 1.82) is 0 Å². The number of benzene rings is 2. The Hall–Kier alpha value is -4.92. The summed E-state index contributed by atoms with van der Waals surface area (Å²) in [5.74, 6) is 0.171. The van der Waals surface area contributed by atoms with E-state index in [-0.39, 0.29) is 17.6 Å². The number of pyridine rings is 1. The van der Waals surface area contributed by atoms with E-state index >= 15 is 0 Å². The molecule has 2 atom stereocenters. The summed E-state index contributed by atoms with van der Waals surface area (Å²) in [5, 5.41) is 12.7. The maximum absolute atomic E-state index is 13.9. The average Bonchev–Trinajstić information content (AvgIpc) is 3.77. The number of rotatable bonds is 10. The Morgan fingerprint density at radius 1 is 0.775 bits per heavy atom. The van der Waals surface area contributed by atoms with E-state index in [1.807, 2.05) is 36.5 Å². The Kier molecular flexibility index (Phi) is 7.01. The van der Waals surface area contributed by atoms with E-state index in [1.165, 1.54) is 30.5 Å². The topological polar surface area (TPSA) is 91.0 Å². The maximum Gasteiger partial charge on any atom is 0.167 e. The van der Waals surface area contributed by atoms with Gasteiger partial charge in [0.15, 0.2) is 5.76 Å². The highest BCUT2D eigenvalue weighted by molar-refractivity contribution is 5.57. The third-order valence-corrected chi connectivity index (χ3v) is 7.19. The van der Waals surface area contributed by atoms with Crippen molar-refractivity contribution in [2.45, 2.75) is 30.6 Å². The van der Waals surface area contributed by atoms with E-state index in [9.17, 15) is 8.78 Å². The van der Waals surface area contributed by atoms with Crippen molar-refractivity contribution in [3.63, 3.8) is 0 Å². The van der Waals surface area contributed by atoms with Crippen molar-refractivity contribution < 1.29 is 22.4 Å². The first-order valence-electron chi connectivity index (χ1n) is 12.8. The molecular formula is C31H24F2N4O3. The van der Waals surface area contributed by atoms with Crippen LogP contribution in [0.15, 0.2) is 117 Å². The van der Waals surface area contributed by atoms with E-state index in [0.29, 0.717) is 47.7 Å². The van der Waals surface area contributed by atoms with Gasteiger partial charge in [-0.2, -0.15) is 0 Å². The number of nitrogens with zero attached hydrogens (tertiary/aromatic N) is 4. The molecular weight excluding hydrogens is 514 g/mol. The van der Waals surface area contributed by atoms with Gasteiger partial charge in [-0.15, -0.1) is 0 Å². The van der Waals surface area contributed by atoms with Crippen molar-refractivity contribution in [1.82, 2.24) is 20.5 Å². The van der Waals surface area contributed by atoms with Crippen molar-refractivity contribution in [2.75, 3.05) is 0 Å². The lowest BCUT2D eigenvalue weighted by atomic mass is 9.63. The molecule has 4 aromatic heterocycles. The lowest BCUT2D eigenvalue weighted by molar-refractivity contribution is 0.231. The van der Waals surface area contributed by atoms with Crippen LogP contribution in [0.5, 0.6) is 0 Å². The van der Waals surface area contributed by atoms with Crippen molar-refractivity contribution in [3.8, 4) is 11.3 Å². The molecule has 0 aliphatic carbocycles. The minimum absolute atomic E-state index is 0.315. The van der Waals surface area contributed by atoms with Gasteiger partial charge in [-0.05, 0) is 66.4 Å². The largest absolute Gasteiger partial charge is 0.365 e.